The quantitative estimate of drug-likeness (QED) is 0.821. The fourth-order valence-corrected chi connectivity index (χ4v) is 4.05. The molecule has 5 heteroatoms. The van der Waals surface area contributed by atoms with Gasteiger partial charge in [0.2, 0.25) is 5.91 Å². The number of piperazine rings is 1. The third kappa shape index (κ3) is 4.41. The normalized spacial score (nSPS) is 16.7. The van der Waals surface area contributed by atoms with Gasteiger partial charge in [0, 0.05) is 43.8 Å². The van der Waals surface area contributed by atoms with Crippen molar-refractivity contribution in [3.63, 3.8) is 0 Å². The summed E-state index contributed by atoms with van der Waals surface area (Å²) in [5.41, 5.74) is 2.58. The van der Waals surface area contributed by atoms with Crippen molar-refractivity contribution in [2.75, 3.05) is 44.7 Å². The first-order valence-electron chi connectivity index (χ1n) is 8.87. The smallest absolute Gasteiger partial charge is 0.237 e. The van der Waals surface area contributed by atoms with E-state index in [2.05, 4.69) is 59.4 Å². The molecule has 2 heterocycles. The average molecular weight is 358 g/mol. The summed E-state index contributed by atoms with van der Waals surface area (Å²) in [6.07, 6.45) is 0. The van der Waals surface area contributed by atoms with Crippen molar-refractivity contribution in [3.8, 4) is 0 Å². The second-order valence-electron chi connectivity index (χ2n) is 6.80. The van der Waals surface area contributed by atoms with E-state index in [1.54, 1.807) is 11.3 Å². The highest BCUT2D eigenvalue weighted by molar-refractivity contribution is 7.10. The number of rotatable bonds is 5. The van der Waals surface area contributed by atoms with Gasteiger partial charge in [0.1, 0.15) is 0 Å². The number of aryl methyl sites for hydroxylation is 1. The summed E-state index contributed by atoms with van der Waals surface area (Å²) in [7, 11) is 1.91. The summed E-state index contributed by atoms with van der Waals surface area (Å²) in [6.45, 7) is 8.54. The standard InChI is InChI=1S/C20H27N3OS/c1-16-6-4-7-18(14-16)23-11-9-22(10-12-23)15-20(24)21(3)17(2)19-8-5-13-25-19/h4-8,13-14,17H,9-12,15H2,1-3H3. The van der Waals surface area contributed by atoms with Crippen molar-refractivity contribution < 1.29 is 4.79 Å². The molecule has 1 aliphatic rings. The molecule has 1 aromatic heterocycles. The molecule has 0 spiro atoms. The Balaban J connectivity index is 1.51. The van der Waals surface area contributed by atoms with E-state index >= 15 is 0 Å². The molecule has 0 bridgehead atoms. The highest BCUT2D eigenvalue weighted by Gasteiger charge is 2.23. The predicted molar refractivity (Wildman–Crippen MR) is 105 cm³/mol. The molecule has 1 aliphatic heterocycles. The second kappa shape index (κ2) is 8.02. The van der Waals surface area contributed by atoms with E-state index in [-0.39, 0.29) is 11.9 Å². The van der Waals surface area contributed by atoms with E-state index < -0.39 is 0 Å². The Labute approximate surface area is 154 Å². The number of thiophene rings is 1. The number of anilines is 1. The van der Waals surface area contributed by atoms with Crippen molar-refractivity contribution in [3.05, 3.63) is 52.2 Å². The van der Waals surface area contributed by atoms with Crippen LogP contribution in [0, 0.1) is 6.92 Å². The zero-order valence-electron chi connectivity index (χ0n) is 15.3. The lowest BCUT2D eigenvalue weighted by Crippen LogP contribution is -2.49. The first-order chi connectivity index (χ1) is 12.0. The van der Waals surface area contributed by atoms with E-state index in [0.29, 0.717) is 6.54 Å². The molecule has 25 heavy (non-hydrogen) atoms. The van der Waals surface area contributed by atoms with Gasteiger partial charge in [-0.3, -0.25) is 9.69 Å². The van der Waals surface area contributed by atoms with Gasteiger partial charge >= 0.3 is 0 Å². The minimum Gasteiger partial charge on any atom is -0.369 e. The van der Waals surface area contributed by atoms with Crippen LogP contribution in [0.25, 0.3) is 0 Å². The van der Waals surface area contributed by atoms with Gasteiger partial charge in [-0.05, 0) is 43.0 Å². The summed E-state index contributed by atoms with van der Waals surface area (Å²) in [5, 5.41) is 2.06. The topological polar surface area (TPSA) is 26.8 Å². The SMILES string of the molecule is Cc1cccc(N2CCN(CC(=O)N(C)C(C)c3cccs3)CC2)c1. The summed E-state index contributed by atoms with van der Waals surface area (Å²) in [4.78, 5) is 20.4. The molecule has 0 aliphatic carbocycles. The van der Waals surface area contributed by atoms with Crippen LogP contribution in [0.3, 0.4) is 0 Å². The molecule has 1 fully saturated rings. The number of amides is 1. The first-order valence-corrected chi connectivity index (χ1v) is 9.75. The van der Waals surface area contributed by atoms with E-state index in [1.165, 1.54) is 16.1 Å². The van der Waals surface area contributed by atoms with Crippen molar-refractivity contribution >= 4 is 22.9 Å². The third-order valence-corrected chi connectivity index (χ3v) is 6.07. The molecule has 3 rings (SSSR count). The van der Waals surface area contributed by atoms with Gasteiger partial charge in [0.05, 0.1) is 12.6 Å². The van der Waals surface area contributed by atoms with Gasteiger partial charge in [-0.25, -0.2) is 0 Å². The average Bonchev–Trinajstić information content (AvgIpc) is 3.15. The monoisotopic (exact) mass is 357 g/mol. The van der Waals surface area contributed by atoms with Crippen LogP contribution in [0.1, 0.15) is 23.4 Å². The van der Waals surface area contributed by atoms with Crippen LogP contribution >= 0.6 is 11.3 Å². The zero-order valence-corrected chi connectivity index (χ0v) is 16.1. The van der Waals surface area contributed by atoms with Crippen LogP contribution < -0.4 is 4.90 Å². The van der Waals surface area contributed by atoms with Crippen LogP contribution in [0.5, 0.6) is 0 Å². The molecule has 1 amide bonds. The molecule has 4 nitrogen and oxygen atoms in total. The van der Waals surface area contributed by atoms with Gasteiger partial charge in [0.15, 0.2) is 0 Å². The fourth-order valence-electron chi connectivity index (χ4n) is 3.23. The first kappa shape index (κ1) is 18.0. The van der Waals surface area contributed by atoms with Crippen LogP contribution in [-0.4, -0.2) is 55.5 Å². The van der Waals surface area contributed by atoms with Crippen molar-refractivity contribution in [2.24, 2.45) is 0 Å². The number of carbonyl (C=O) groups is 1. The number of likely N-dealkylation sites (N-methyl/N-ethyl adjacent to an activating group) is 1. The van der Waals surface area contributed by atoms with E-state index in [1.807, 2.05) is 18.0 Å². The molecule has 0 radical (unpaired) electrons. The van der Waals surface area contributed by atoms with Crippen molar-refractivity contribution in [2.45, 2.75) is 19.9 Å². The zero-order chi connectivity index (χ0) is 17.8. The van der Waals surface area contributed by atoms with Crippen molar-refractivity contribution in [1.29, 1.82) is 0 Å². The molecule has 2 aromatic rings. The maximum Gasteiger partial charge on any atom is 0.237 e. The number of carbonyl (C=O) groups excluding carboxylic acids is 1. The molecule has 1 unspecified atom stereocenters. The maximum atomic E-state index is 12.6. The van der Waals surface area contributed by atoms with Crippen molar-refractivity contribution in [1.82, 2.24) is 9.80 Å². The lowest BCUT2D eigenvalue weighted by atomic mass is 10.2. The van der Waals surface area contributed by atoms with Gasteiger partial charge in [-0.1, -0.05) is 18.2 Å². The molecule has 1 saturated heterocycles. The number of hydrogen-bond acceptors (Lipinski definition) is 4. The lowest BCUT2D eigenvalue weighted by molar-refractivity contribution is -0.133. The van der Waals surface area contributed by atoms with Gasteiger partial charge in [-0.15, -0.1) is 11.3 Å². The van der Waals surface area contributed by atoms with Crippen LogP contribution in [-0.2, 0) is 4.79 Å². The van der Waals surface area contributed by atoms with Crippen LogP contribution in [0.2, 0.25) is 0 Å². The number of nitrogens with zero attached hydrogens (tertiary/aromatic N) is 3. The van der Waals surface area contributed by atoms with Gasteiger partial charge in [0.25, 0.3) is 0 Å². The molecule has 0 N–H and O–H groups in total. The molecular formula is C20H27N3OS. The van der Waals surface area contributed by atoms with Crippen LogP contribution in [0.4, 0.5) is 5.69 Å². The predicted octanol–water partition coefficient (Wildman–Crippen LogP) is 3.40. The lowest BCUT2D eigenvalue weighted by Gasteiger charge is -2.37. The maximum absolute atomic E-state index is 12.6. The van der Waals surface area contributed by atoms with Gasteiger partial charge in [-0.2, -0.15) is 0 Å². The summed E-state index contributed by atoms with van der Waals surface area (Å²) in [6, 6.07) is 12.9. The summed E-state index contributed by atoms with van der Waals surface area (Å²) >= 11 is 1.71. The largest absolute Gasteiger partial charge is 0.369 e. The minimum atomic E-state index is 0.140. The van der Waals surface area contributed by atoms with E-state index in [4.69, 9.17) is 0 Å². The molecule has 134 valence electrons. The Morgan fingerprint density at radius 1 is 1.20 bits per heavy atom. The Morgan fingerprint density at radius 3 is 2.60 bits per heavy atom. The Bertz CT molecular complexity index is 693. The Kier molecular flexibility index (Phi) is 5.76. The van der Waals surface area contributed by atoms with E-state index in [0.717, 1.165) is 26.2 Å². The highest BCUT2D eigenvalue weighted by Crippen LogP contribution is 2.23. The summed E-state index contributed by atoms with van der Waals surface area (Å²) < 4.78 is 0. The Morgan fingerprint density at radius 2 is 1.96 bits per heavy atom. The van der Waals surface area contributed by atoms with Gasteiger partial charge < -0.3 is 9.80 Å². The minimum absolute atomic E-state index is 0.140. The number of benzene rings is 1. The molecule has 0 saturated carbocycles. The second-order valence-corrected chi connectivity index (χ2v) is 7.78. The third-order valence-electron chi connectivity index (χ3n) is 5.03. The number of hydrogen-bond donors (Lipinski definition) is 0. The van der Waals surface area contributed by atoms with E-state index in [9.17, 15) is 4.79 Å². The molecule has 1 atom stereocenters. The van der Waals surface area contributed by atoms with Crippen LogP contribution in [0.15, 0.2) is 41.8 Å². The molecular weight excluding hydrogens is 330 g/mol. The Hall–Kier alpha value is -1.85. The summed E-state index contributed by atoms with van der Waals surface area (Å²) in [5.74, 6) is 0.199. The fraction of sp³-hybridized carbons (Fsp3) is 0.450. The molecule has 1 aromatic carbocycles. The highest BCUT2D eigenvalue weighted by atomic mass is 32.1.